The largest absolute Gasteiger partial charge is 0.507 e. The molecule has 1 unspecified atom stereocenters. The highest BCUT2D eigenvalue weighted by Crippen LogP contribution is 2.51. The summed E-state index contributed by atoms with van der Waals surface area (Å²) in [6, 6.07) is 4.78. The van der Waals surface area contributed by atoms with Crippen molar-refractivity contribution in [2.24, 2.45) is 5.92 Å². The van der Waals surface area contributed by atoms with Crippen LogP contribution in [0.3, 0.4) is 0 Å². The molecule has 4 heterocycles. The highest BCUT2D eigenvalue weighted by Gasteiger charge is 2.64. The van der Waals surface area contributed by atoms with Crippen LogP contribution in [0.4, 0.5) is 8.78 Å². The molecule has 2 bridgehead atoms. The lowest BCUT2D eigenvalue weighted by atomic mass is 9.77. The molecule has 2 fully saturated rings. The second-order valence-electron chi connectivity index (χ2n) is 8.99. The molecule has 2 N–H and O–H groups in total. The molecule has 1 aromatic carbocycles. The molecular formula is C24H25F2N5O2. The van der Waals surface area contributed by atoms with E-state index in [-0.39, 0.29) is 24.5 Å². The van der Waals surface area contributed by atoms with Gasteiger partial charge in [0.05, 0.1) is 47.4 Å². The van der Waals surface area contributed by atoms with Gasteiger partial charge in [-0.25, -0.2) is 13.8 Å². The molecule has 2 aliphatic rings. The van der Waals surface area contributed by atoms with E-state index in [2.05, 4.69) is 26.8 Å². The lowest BCUT2D eigenvalue weighted by Gasteiger charge is -2.42. The number of aromatic nitrogens is 4. The fraction of sp³-hybridized carbons (Fsp3) is 0.375. The number of phenols is 1. The number of nitrogens with zero attached hydrogens (tertiary/aromatic N) is 4. The van der Waals surface area contributed by atoms with E-state index in [1.54, 1.807) is 54.7 Å². The molecule has 0 saturated carbocycles. The first-order valence-electron chi connectivity index (χ1n) is 10.7. The number of nitrogens with one attached hydrogen (secondary N) is 1. The summed E-state index contributed by atoms with van der Waals surface area (Å²) in [5.74, 6) is -3.08. The van der Waals surface area contributed by atoms with Crippen LogP contribution < -0.4 is 5.32 Å². The van der Waals surface area contributed by atoms with Crippen molar-refractivity contribution >= 4 is 5.57 Å². The van der Waals surface area contributed by atoms with Crippen LogP contribution >= 0.6 is 0 Å². The van der Waals surface area contributed by atoms with Gasteiger partial charge in [-0.2, -0.15) is 0 Å². The highest BCUT2D eigenvalue weighted by atomic mass is 19.3. The summed E-state index contributed by atoms with van der Waals surface area (Å²) in [4.78, 5) is 13.0. The summed E-state index contributed by atoms with van der Waals surface area (Å²) < 4.78 is 36.7. The zero-order valence-electron chi connectivity index (χ0n) is 18.4. The number of fused-ring (bicyclic) bond motifs is 2. The van der Waals surface area contributed by atoms with Gasteiger partial charge in [0.25, 0.3) is 5.92 Å². The summed E-state index contributed by atoms with van der Waals surface area (Å²) in [7, 11) is 1.54. The third kappa shape index (κ3) is 3.52. The molecule has 33 heavy (non-hydrogen) atoms. The van der Waals surface area contributed by atoms with Crippen molar-refractivity contribution in [2.45, 2.75) is 43.4 Å². The van der Waals surface area contributed by atoms with Gasteiger partial charge >= 0.3 is 0 Å². The minimum atomic E-state index is -2.82. The predicted molar refractivity (Wildman–Crippen MR) is 119 cm³/mol. The maximum Gasteiger partial charge on any atom is 0.267 e. The first-order chi connectivity index (χ1) is 15.7. The van der Waals surface area contributed by atoms with Crippen molar-refractivity contribution < 1.29 is 18.6 Å². The number of benzene rings is 1. The Bertz CT molecular complexity index is 1180. The number of alkyl halides is 2. The Morgan fingerprint density at radius 1 is 1.27 bits per heavy atom. The number of rotatable bonds is 5. The van der Waals surface area contributed by atoms with E-state index in [4.69, 9.17) is 4.74 Å². The second kappa shape index (κ2) is 7.71. The summed E-state index contributed by atoms with van der Waals surface area (Å²) in [6.45, 7) is 5.73. The molecule has 2 aliphatic heterocycles. The topological polar surface area (TPSA) is 85.1 Å². The molecule has 5 rings (SSSR count). The minimum absolute atomic E-state index is 0.0617. The van der Waals surface area contributed by atoms with Crippen molar-refractivity contribution in [2.75, 3.05) is 7.11 Å². The fourth-order valence-electron chi connectivity index (χ4n) is 5.09. The third-order valence-corrected chi connectivity index (χ3v) is 6.97. The zero-order valence-corrected chi connectivity index (χ0v) is 18.4. The lowest BCUT2D eigenvalue weighted by molar-refractivity contribution is -0.0630. The fourth-order valence-corrected chi connectivity index (χ4v) is 5.09. The number of phenolic OH excluding ortho intramolecular Hbond substituents is 1. The number of aromatic hydroxyl groups is 1. The quantitative estimate of drug-likeness (QED) is 0.611. The lowest BCUT2D eigenvalue weighted by Crippen LogP contribution is -2.59. The van der Waals surface area contributed by atoms with Crippen LogP contribution in [0.5, 0.6) is 5.75 Å². The Morgan fingerprint density at radius 3 is 2.73 bits per heavy atom. The molecular weight excluding hydrogens is 428 g/mol. The van der Waals surface area contributed by atoms with E-state index < -0.39 is 23.6 Å². The smallest absolute Gasteiger partial charge is 0.267 e. The van der Waals surface area contributed by atoms with Gasteiger partial charge in [-0.3, -0.25) is 9.97 Å². The van der Waals surface area contributed by atoms with Crippen molar-refractivity contribution in [3.63, 3.8) is 0 Å². The number of hydrogen-bond donors (Lipinski definition) is 2. The van der Waals surface area contributed by atoms with Crippen LogP contribution in [0.2, 0.25) is 0 Å². The van der Waals surface area contributed by atoms with Crippen LogP contribution in [-0.4, -0.2) is 55.3 Å². The number of halogens is 2. The summed E-state index contributed by atoms with van der Waals surface area (Å²) in [5, 5.41) is 13.6. The second-order valence-corrected chi connectivity index (χ2v) is 8.99. The number of piperidine rings is 1. The number of methoxy groups -OCH3 is 1. The van der Waals surface area contributed by atoms with E-state index >= 15 is 0 Å². The van der Waals surface area contributed by atoms with Crippen LogP contribution in [0, 0.1) is 5.92 Å². The van der Waals surface area contributed by atoms with E-state index in [9.17, 15) is 13.9 Å². The van der Waals surface area contributed by atoms with E-state index in [0.29, 0.717) is 22.5 Å². The molecule has 9 heteroatoms. The van der Waals surface area contributed by atoms with Crippen molar-refractivity contribution in [3.8, 4) is 22.7 Å². The van der Waals surface area contributed by atoms with E-state index in [1.807, 2.05) is 6.07 Å². The van der Waals surface area contributed by atoms with Gasteiger partial charge in [0.1, 0.15) is 5.75 Å². The summed E-state index contributed by atoms with van der Waals surface area (Å²) in [5.41, 5.74) is 1.63. The van der Waals surface area contributed by atoms with Gasteiger partial charge < -0.3 is 19.7 Å². The first-order valence-corrected chi connectivity index (χ1v) is 10.7. The molecule has 0 radical (unpaired) electrons. The Balaban J connectivity index is 1.39. The average molecular weight is 453 g/mol. The number of imidazole rings is 1. The molecule has 172 valence electrons. The molecule has 4 atom stereocenters. The molecule has 2 saturated heterocycles. The molecule has 2 aromatic heterocycles. The maximum atomic E-state index is 14.6. The Morgan fingerprint density at radius 2 is 2.09 bits per heavy atom. The Labute approximate surface area is 190 Å². The summed E-state index contributed by atoms with van der Waals surface area (Å²) >= 11 is 0. The van der Waals surface area contributed by atoms with Crippen LogP contribution in [0.15, 0.2) is 55.9 Å². The molecule has 3 aromatic rings. The van der Waals surface area contributed by atoms with E-state index in [1.165, 1.54) is 7.11 Å². The molecule has 0 spiro atoms. The van der Waals surface area contributed by atoms with E-state index in [0.717, 1.165) is 5.69 Å². The number of hydrogen-bond acceptors (Lipinski definition) is 6. The van der Waals surface area contributed by atoms with Crippen LogP contribution in [0.1, 0.15) is 25.5 Å². The van der Waals surface area contributed by atoms with Crippen molar-refractivity contribution in [1.82, 2.24) is 24.8 Å². The zero-order chi connectivity index (χ0) is 23.4. The Kier molecular flexibility index (Phi) is 5.06. The third-order valence-electron chi connectivity index (χ3n) is 6.97. The van der Waals surface area contributed by atoms with Gasteiger partial charge in [0, 0.05) is 49.5 Å². The SMILES string of the molecule is C=C(c1cnc(-c2ccc(-n3ccnc3)cc2O)cn1)[C@H]1C[C@@]2(C)NC(CC2(F)F)[C@@H]1OC. The monoisotopic (exact) mass is 453 g/mol. The number of ether oxygens (including phenoxy) is 1. The Hall–Kier alpha value is -3.17. The first kappa shape index (κ1) is 21.7. The summed E-state index contributed by atoms with van der Waals surface area (Å²) in [6.07, 6.45) is 7.71. The van der Waals surface area contributed by atoms with Gasteiger partial charge in [0.2, 0.25) is 0 Å². The average Bonchev–Trinajstić information content (AvgIpc) is 3.38. The van der Waals surface area contributed by atoms with Gasteiger partial charge in [-0.15, -0.1) is 0 Å². The molecule has 0 amide bonds. The van der Waals surface area contributed by atoms with Crippen LogP contribution in [-0.2, 0) is 4.74 Å². The van der Waals surface area contributed by atoms with Gasteiger partial charge in [0.15, 0.2) is 0 Å². The molecule has 7 nitrogen and oxygen atoms in total. The van der Waals surface area contributed by atoms with Gasteiger partial charge in [-0.05, 0) is 31.1 Å². The highest BCUT2D eigenvalue weighted by molar-refractivity contribution is 5.70. The van der Waals surface area contributed by atoms with Gasteiger partial charge in [-0.1, -0.05) is 6.58 Å². The standard InChI is InChI=1S/C24H25F2N5O2/c1-14(17-9-23(2)24(25,26)10-18(30-23)22(17)33-3)19-11-29-20(12-28-19)16-5-4-15(8-21(16)32)31-7-6-27-13-31/h4-8,11-13,17-18,22,30,32H,1,9-10H2,2-3H3/t17-,18?,22-,23-/m1/s1. The minimum Gasteiger partial charge on any atom is -0.507 e. The normalized spacial score (nSPS) is 28.1. The maximum absolute atomic E-state index is 14.6. The van der Waals surface area contributed by atoms with Crippen molar-refractivity contribution in [1.29, 1.82) is 0 Å². The van der Waals surface area contributed by atoms with Crippen molar-refractivity contribution in [3.05, 3.63) is 61.6 Å². The molecule has 0 aliphatic carbocycles. The predicted octanol–water partition coefficient (Wildman–Crippen LogP) is 3.84. The van der Waals surface area contributed by atoms with Crippen LogP contribution in [0.25, 0.3) is 22.5 Å².